The molecule has 2 unspecified atom stereocenters. The quantitative estimate of drug-likeness (QED) is 0.698. The third kappa shape index (κ3) is 2.84. The number of phenols is 2. The van der Waals surface area contributed by atoms with E-state index in [2.05, 4.69) is 0 Å². The summed E-state index contributed by atoms with van der Waals surface area (Å²) in [6, 6.07) is 20.3. The van der Waals surface area contributed by atoms with Crippen LogP contribution in [0.2, 0.25) is 0 Å². The molecule has 2 heterocycles. The summed E-state index contributed by atoms with van der Waals surface area (Å²) in [6.45, 7) is 0. The summed E-state index contributed by atoms with van der Waals surface area (Å²) in [5, 5.41) is 27.3. The minimum absolute atomic E-state index is 0.0243. The molecule has 2 aliphatic rings. The van der Waals surface area contributed by atoms with Crippen LogP contribution in [0.1, 0.15) is 35.4 Å². The SMILES string of the molecule is COc1ccc(C2Oc3ccccc3C3CC(c4ccccc4O)=NN32)cc1O. The molecule has 3 aromatic rings. The zero-order chi connectivity index (χ0) is 20.0. The van der Waals surface area contributed by atoms with Crippen LogP contribution in [-0.4, -0.2) is 28.0 Å². The van der Waals surface area contributed by atoms with E-state index in [4.69, 9.17) is 14.6 Å². The summed E-state index contributed by atoms with van der Waals surface area (Å²) in [4.78, 5) is 0. The maximum Gasteiger partial charge on any atom is 0.214 e. The van der Waals surface area contributed by atoms with Gasteiger partial charge in [-0.3, -0.25) is 0 Å². The van der Waals surface area contributed by atoms with Crippen LogP contribution in [0.4, 0.5) is 0 Å². The molecule has 0 aromatic heterocycles. The maximum absolute atomic E-state index is 10.3. The largest absolute Gasteiger partial charge is 0.507 e. The monoisotopic (exact) mass is 388 g/mol. The Morgan fingerprint density at radius 2 is 1.79 bits per heavy atom. The molecule has 0 saturated carbocycles. The first-order valence-corrected chi connectivity index (χ1v) is 9.42. The van der Waals surface area contributed by atoms with E-state index >= 15 is 0 Å². The lowest BCUT2D eigenvalue weighted by atomic mass is 9.95. The number of fused-ring (bicyclic) bond motifs is 3. The Bertz CT molecular complexity index is 1110. The molecule has 2 atom stereocenters. The fourth-order valence-electron chi connectivity index (χ4n) is 4.00. The zero-order valence-electron chi connectivity index (χ0n) is 15.8. The lowest BCUT2D eigenvalue weighted by molar-refractivity contribution is -0.0191. The number of hydrogen-bond acceptors (Lipinski definition) is 6. The first-order chi connectivity index (χ1) is 14.2. The van der Waals surface area contributed by atoms with Crippen molar-refractivity contribution in [3.8, 4) is 23.0 Å². The number of ether oxygens (including phenoxy) is 2. The van der Waals surface area contributed by atoms with Crippen molar-refractivity contribution >= 4 is 5.71 Å². The van der Waals surface area contributed by atoms with Crippen LogP contribution in [0.5, 0.6) is 23.0 Å². The van der Waals surface area contributed by atoms with Crippen molar-refractivity contribution in [3.05, 3.63) is 83.4 Å². The number of nitrogens with zero attached hydrogens (tertiary/aromatic N) is 2. The Morgan fingerprint density at radius 1 is 1.00 bits per heavy atom. The number of hydrazone groups is 1. The van der Waals surface area contributed by atoms with Gasteiger partial charge < -0.3 is 19.7 Å². The first kappa shape index (κ1) is 17.4. The van der Waals surface area contributed by atoms with E-state index in [0.29, 0.717) is 12.2 Å². The number of para-hydroxylation sites is 2. The fourth-order valence-corrected chi connectivity index (χ4v) is 4.00. The van der Waals surface area contributed by atoms with Crippen LogP contribution >= 0.6 is 0 Å². The molecule has 0 saturated heterocycles. The average Bonchev–Trinajstić information content (AvgIpc) is 3.19. The highest BCUT2D eigenvalue weighted by Gasteiger charge is 2.41. The predicted molar refractivity (Wildman–Crippen MR) is 108 cm³/mol. The van der Waals surface area contributed by atoms with Gasteiger partial charge >= 0.3 is 0 Å². The number of rotatable bonds is 3. The van der Waals surface area contributed by atoms with Gasteiger partial charge in [0.15, 0.2) is 11.5 Å². The van der Waals surface area contributed by atoms with E-state index in [9.17, 15) is 10.2 Å². The number of hydrogen-bond donors (Lipinski definition) is 2. The third-order valence-electron chi connectivity index (χ3n) is 5.40. The summed E-state index contributed by atoms with van der Waals surface area (Å²) in [6.07, 6.45) is 0.145. The van der Waals surface area contributed by atoms with E-state index in [1.165, 1.54) is 7.11 Å². The van der Waals surface area contributed by atoms with Crippen molar-refractivity contribution in [3.63, 3.8) is 0 Å². The number of aromatic hydroxyl groups is 2. The van der Waals surface area contributed by atoms with Gasteiger partial charge in [-0.2, -0.15) is 5.10 Å². The Labute approximate surface area is 168 Å². The molecule has 0 spiro atoms. The smallest absolute Gasteiger partial charge is 0.214 e. The van der Waals surface area contributed by atoms with E-state index in [-0.39, 0.29) is 17.5 Å². The normalized spacial score (nSPS) is 19.8. The van der Waals surface area contributed by atoms with Crippen molar-refractivity contribution in [1.29, 1.82) is 0 Å². The van der Waals surface area contributed by atoms with E-state index < -0.39 is 6.23 Å². The molecule has 0 radical (unpaired) electrons. The van der Waals surface area contributed by atoms with Crippen LogP contribution in [0.3, 0.4) is 0 Å². The molecular formula is C23H20N2O4. The van der Waals surface area contributed by atoms with Gasteiger partial charge in [0.25, 0.3) is 0 Å². The van der Waals surface area contributed by atoms with Gasteiger partial charge in [-0.25, -0.2) is 5.01 Å². The van der Waals surface area contributed by atoms with Gasteiger partial charge in [0.1, 0.15) is 11.5 Å². The van der Waals surface area contributed by atoms with Crippen LogP contribution in [0, 0.1) is 0 Å². The Balaban J connectivity index is 1.60. The van der Waals surface area contributed by atoms with Crippen molar-refractivity contribution in [2.24, 2.45) is 5.10 Å². The summed E-state index contributed by atoms with van der Waals surface area (Å²) in [5.74, 6) is 1.45. The molecule has 6 heteroatoms. The van der Waals surface area contributed by atoms with Gasteiger partial charge in [0.2, 0.25) is 6.23 Å². The summed E-state index contributed by atoms with van der Waals surface area (Å²) >= 11 is 0. The minimum Gasteiger partial charge on any atom is -0.507 e. The molecule has 6 nitrogen and oxygen atoms in total. The Morgan fingerprint density at radius 3 is 2.59 bits per heavy atom. The molecule has 146 valence electrons. The van der Waals surface area contributed by atoms with Crippen molar-refractivity contribution in [2.45, 2.75) is 18.7 Å². The lowest BCUT2D eigenvalue weighted by Gasteiger charge is -2.38. The van der Waals surface area contributed by atoms with Gasteiger partial charge in [0.05, 0.1) is 18.9 Å². The summed E-state index contributed by atoms with van der Waals surface area (Å²) < 4.78 is 11.4. The maximum atomic E-state index is 10.3. The lowest BCUT2D eigenvalue weighted by Crippen LogP contribution is -2.33. The molecule has 3 aromatic carbocycles. The molecule has 0 amide bonds. The highest BCUT2D eigenvalue weighted by atomic mass is 16.5. The predicted octanol–water partition coefficient (Wildman–Crippen LogP) is 4.35. The van der Waals surface area contributed by atoms with Crippen LogP contribution < -0.4 is 9.47 Å². The van der Waals surface area contributed by atoms with Crippen LogP contribution in [0.25, 0.3) is 0 Å². The second kappa shape index (κ2) is 6.74. The average molecular weight is 388 g/mol. The van der Waals surface area contributed by atoms with Gasteiger partial charge in [-0.05, 0) is 36.4 Å². The number of benzene rings is 3. The van der Waals surface area contributed by atoms with Crippen molar-refractivity contribution in [2.75, 3.05) is 7.11 Å². The first-order valence-electron chi connectivity index (χ1n) is 9.42. The topological polar surface area (TPSA) is 74.5 Å². The van der Waals surface area contributed by atoms with Gasteiger partial charge in [-0.1, -0.05) is 30.3 Å². The number of phenolic OH excluding ortho intramolecular Hbond substituents is 2. The molecule has 29 heavy (non-hydrogen) atoms. The van der Waals surface area contributed by atoms with E-state index in [1.54, 1.807) is 24.3 Å². The molecule has 0 bridgehead atoms. The van der Waals surface area contributed by atoms with Gasteiger partial charge in [0, 0.05) is 23.1 Å². The Kier molecular flexibility index (Phi) is 4.05. The molecule has 5 rings (SSSR count). The summed E-state index contributed by atoms with van der Waals surface area (Å²) in [7, 11) is 1.52. The minimum atomic E-state index is -0.505. The Hall–Kier alpha value is -3.67. The van der Waals surface area contributed by atoms with Crippen molar-refractivity contribution in [1.82, 2.24) is 5.01 Å². The molecule has 0 aliphatic carbocycles. The number of methoxy groups -OCH3 is 1. The van der Waals surface area contributed by atoms with Crippen molar-refractivity contribution < 1.29 is 19.7 Å². The fraction of sp³-hybridized carbons (Fsp3) is 0.174. The van der Waals surface area contributed by atoms with Gasteiger partial charge in [-0.15, -0.1) is 0 Å². The third-order valence-corrected chi connectivity index (χ3v) is 5.40. The second-order valence-electron chi connectivity index (χ2n) is 7.10. The zero-order valence-corrected chi connectivity index (χ0v) is 15.8. The molecule has 2 aliphatic heterocycles. The molecule has 0 fully saturated rings. The summed E-state index contributed by atoms with van der Waals surface area (Å²) in [5.41, 5.74) is 3.34. The van der Waals surface area contributed by atoms with E-state index in [1.807, 2.05) is 47.5 Å². The highest BCUT2D eigenvalue weighted by Crippen LogP contribution is 2.48. The molecule has 2 N–H and O–H groups in total. The highest BCUT2D eigenvalue weighted by molar-refractivity contribution is 6.04. The van der Waals surface area contributed by atoms with Crippen LogP contribution in [0.15, 0.2) is 71.8 Å². The standard InChI is InChI=1S/C23H20N2O4/c1-28-22-11-10-14(12-20(22)27)23-25-18(16-7-3-5-9-21(16)29-23)13-17(24-25)15-6-2-4-8-19(15)26/h2-12,18,23,26-27H,13H2,1H3. The second-order valence-corrected chi connectivity index (χ2v) is 7.10. The molecular weight excluding hydrogens is 368 g/mol. The van der Waals surface area contributed by atoms with Crippen LogP contribution in [-0.2, 0) is 0 Å². The van der Waals surface area contributed by atoms with E-state index in [0.717, 1.165) is 28.2 Å².